The summed E-state index contributed by atoms with van der Waals surface area (Å²) in [4.78, 5) is 0. The molecule has 106 valence electrons. The first-order chi connectivity index (χ1) is 9.51. The number of anilines is 1. The number of nitrogens with two attached hydrogens (primary N) is 1. The van der Waals surface area contributed by atoms with Gasteiger partial charge in [0.05, 0.1) is 7.11 Å². The van der Waals surface area contributed by atoms with E-state index in [0.29, 0.717) is 6.61 Å². The van der Waals surface area contributed by atoms with Gasteiger partial charge in [0.1, 0.15) is 18.1 Å². The summed E-state index contributed by atoms with van der Waals surface area (Å²) in [5.41, 5.74) is 11.0. The van der Waals surface area contributed by atoms with E-state index in [4.69, 9.17) is 15.2 Å². The van der Waals surface area contributed by atoms with Gasteiger partial charge in [-0.15, -0.1) is 0 Å². The molecule has 0 radical (unpaired) electrons. The van der Waals surface area contributed by atoms with Gasteiger partial charge in [0.2, 0.25) is 0 Å². The van der Waals surface area contributed by atoms with E-state index in [1.807, 2.05) is 38.1 Å². The summed E-state index contributed by atoms with van der Waals surface area (Å²) < 4.78 is 11.3. The van der Waals surface area contributed by atoms with Crippen LogP contribution in [0.25, 0.3) is 0 Å². The zero-order valence-corrected chi connectivity index (χ0v) is 12.5. The number of methoxy groups -OCH3 is 1. The van der Waals surface area contributed by atoms with Crippen LogP contribution >= 0.6 is 0 Å². The second kappa shape index (κ2) is 5.87. The largest absolute Gasteiger partial charge is 0.496 e. The Kier molecular flexibility index (Phi) is 4.18. The average Bonchev–Trinajstić information content (AvgIpc) is 2.41. The number of ether oxygens (including phenoxy) is 2. The standard InChI is InChI=1S/C17H21NO2/c1-11-5-6-16(19-4)14(7-11)10-20-17-9-12(2)15(18)8-13(17)3/h5-9H,10,18H2,1-4H3. The van der Waals surface area contributed by atoms with Crippen molar-refractivity contribution in [1.82, 2.24) is 0 Å². The Labute approximate surface area is 120 Å². The first-order valence-electron chi connectivity index (χ1n) is 6.64. The summed E-state index contributed by atoms with van der Waals surface area (Å²) >= 11 is 0. The number of hydrogen-bond donors (Lipinski definition) is 1. The Morgan fingerprint density at radius 2 is 1.70 bits per heavy atom. The lowest BCUT2D eigenvalue weighted by Gasteiger charge is -2.14. The highest BCUT2D eigenvalue weighted by Crippen LogP contribution is 2.27. The van der Waals surface area contributed by atoms with Crippen LogP contribution in [-0.2, 0) is 6.61 Å². The van der Waals surface area contributed by atoms with E-state index in [0.717, 1.165) is 33.9 Å². The topological polar surface area (TPSA) is 44.5 Å². The second-order valence-electron chi connectivity index (χ2n) is 5.08. The summed E-state index contributed by atoms with van der Waals surface area (Å²) in [6, 6.07) is 10.00. The molecule has 2 aromatic rings. The molecule has 0 aromatic heterocycles. The maximum Gasteiger partial charge on any atom is 0.125 e. The fraction of sp³-hybridized carbons (Fsp3) is 0.294. The highest BCUT2D eigenvalue weighted by Gasteiger charge is 2.07. The second-order valence-corrected chi connectivity index (χ2v) is 5.08. The van der Waals surface area contributed by atoms with E-state index in [-0.39, 0.29) is 0 Å². The van der Waals surface area contributed by atoms with E-state index >= 15 is 0 Å². The third kappa shape index (κ3) is 3.05. The van der Waals surface area contributed by atoms with Crippen molar-refractivity contribution in [3.8, 4) is 11.5 Å². The minimum atomic E-state index is 0.481. The van der Waals surface area contributed by atoms with Crippen molar-refractivity contribution in [3.63, 3.8) is 0 Å². The molecule has 2 N–H and O–H groups in total. The SMILES string of the molecule is COc1ccc(C)cc1COc1cc(C)c(N)cc1C. The van der Waals surface area contributed by atoms with Crippen LogP contribution < -0.4 is 15.2 Å². The van der Waals surface area contributed by atoms with Gasteiger partial charge < -0.3 is 15.2 Å². The molecule has 3 heteroatoms. The Morgan fingerprint density at radius 1 is 0.950 bits per heavy atom. The smallest absolute Gasteiger partial charge is 0.125 e. The molecule has 3 nitrogen and oxygen atoms in total. The highest BCUT2D eigenvalue weighted by molar-refractivity contribution is 5.53. The van der Waals surface area contributed by atoms with Crippen LogP contribution in [0.4, 0.5) is 5.69 Å². The first kappa shape index (κ1) is 14.3. The van der Waals surface area contributed by atoms with Crippen molar-refractivity contribution < 1.29 is 9.47 Å². The molecule has 0 amide bonds. The molecule has 0 atom stereocenters. The molecule has 20 heavy (non-hydrogen) atoms. The van der Waals surface area contributed by atoms with Gasteiger partial charge in [-0.25, -0.2) is 0 Å². The van der Waals surface area contributed by atoms with Crippen LogP contribution in [0.5, 0.6) is 11.5 Å². The summed E-state index contributed by atoms with van der Waals surface area (Å²) in [5.74, 6) is 1.71. The number of aryl methyl sites for hydroxylation is 3. The number of nitrogen functional groups attached to an aromatic ring is 1. The summed E-state index contributed by atoms with van der Waals surface area (Å²) in [7, 11) is 1.67. The summed E-state index contributed by atoms with van der Waals surface area (Å²) in [5, 5.41) is 0. The van der Waals surface area contributed by atoms with Gasteiger partial charge in [0.15, 0.2) is 0 Å². The predicted molar refractivity (Wildman–Crippen MR) is 82.4 cm³/mol. The quantitative estimate of drug-likeness (QED) is 0.861. The zero-order chi connectivity index (χ0) is 14.7. The first-order valence-corrected chi connectivity index (χ1v) is 6.64. The molecule has 2 aromatic carbocycles. The van der Waals surface area contributed by atoms with Gasteiger partial charge in [-0.05, 0) is 56.2 Å². The molecule has 0 bridgehead atoms. The Morgan fingerprint density at radius 3 is 2.40 bits per heavy atom. The number of hydrogen-bond acceptors (Lipinski definition) is 3. The molecule has 0 spiro atoms. The molecule has 0 fully saturated rings. The fourth-order valence-corrected chi connectivity index (χ4v) is 2.14. The van der Waals surface area contributed by atoms with Crippen LogP contribution in [0.2, 0.25) is 0 Å². The molecule has 0 aliphatic heterocycles. The maximum atomic E-state index is 5.92. The zero-order valence-electron chi connectivity index (χ0n) is 12.5. The fourth-order valence-electron chi connectivity index (χ4n) is 2.14. The minimum absolute atomic E-state index is 0.481. The highest BCUT2D eigenvalue weighted by atomic mass is 16.5. The van der Waals surface area contributed by atoms with Crippen molar-refractivity contribution in [1.29, 1.82) is 0 Å². The van der Waals surface area contributed by atoms with Crippen LogP contribution in [0.1, 0.15) is 22.3 Å². The lowest BCUT2D eigenvalue weighted by Crippen LogP contribution is -2.01. The minimum Gasteiger partial charge on any atom is -0.496 e. The monoisotopic (exact) mass is 271 g/mol. The molecular weight excluding hydrogens is 250 g/mol. The molecule has 0 aliphatic carbocycles. The Hall–Kier alpha value is -2.16. The molecule has 0 saturated carbocycles. The molecule has 0 unspecified atom stereocenters. The lowest BCUT2D eigenvalue weighted by molar-refractivity contribution is 0.294. The Balaban J connectivity index is 2.21. The Bertz CT molecular complexity index is 621. The van der Waals surface area contributed by atoms with Crippen molar-refractivity contribution >= 4 is 5.69 Å². The van der Waals surface area contributed by atoms with E-state index < -0.39 is 0 Å². The molecule has 0 heterocycles. The lowest BCUT2D eigenvalue weighted by atomic mass is 10.1. The third-order valence-electron chi connectivity index (χ3n) is 3.38. The third-order valence-corrected chi connectivity index (χ3v) is 3.38. The van der Waals surface area contributed by atoms with Crippen molar-refractivity contribution in [2.45, 2.75) is 27.4 Å². The summed E-state index contributed by atoms with van der Waals surface area (Å²) in [6.45, 7) is 6.52. The van der Waals surface area contributed by atoms with Gasteiger partial charge in [0, 0.05) is 11.3 Å². The van der Waals surface area contributed by atoms with Crippen molar-refractivity contribution in [3.05, 3.63) is 52.6 Å². The number of rotatable bonds is 4. The molecule has 0 aliphatic rings. The predicted octanol–water partition coefficient (Wildman–Crippen LogP) is 3.78. The van der Waals surface area contributed by atoms with E-state index in [9.17, 15) is 0 Å². The van der Waals surface area contributed by atoms with E-state index in [1.54, 1.807) is 7.11 Å². The average molecular weight is 271 g/mol. The summed E-state index contributed by atoms with van der Waals surface area (Å²) in [6.07, 6.45) is 0. The molecule has 2 rings (SSSR count). The molecule has 0 saturated heterocycles. The van der Waals surface area contributed by atoms with E-state index in [1.165, 1.54) is 5.56 Å². The van der Waals surface area contributed by atoms with E-state index in [2.05, 4.69) is 13.0 Å². The van der Waals surface area contributed by atoms with Gasteiger partial charge in [-0.1, -0.05) is 11.6 Å². The number of benzene rings is 2. The van der Waals surface area contributed by atoms with Gasteiger partial charge in [0.25, 0.3) is 0 Å². The molecular formula is C17H21NO2. The van der Waals surface area contributed by atoms with Crippen LogP contribution in [0.3, 0.4) is 0 Å². The van der Waals surface area contributed by atoms with Gasteiger partial charge in [-0.2, -0.15) is 0 Å². The van der Waals surface area contributed by atoms with Crippen LogP contribution in [-0.4, -0.2) is 7.11 Å². The maximum absolute atomic E-state index is 5.92. The van der Waals surface area contributed by atoms with Crippen molar-refractivity contribution in [2.75, 3.05) is 12.8 Å². The van der Waals surface area contributed by atoms with Crippen LogP contribution in [0.15, 0.2) is 30.3 Å². The van der Waals surface area contributed by atoms with Gasteiger partial charge in [-0.3, -0.25) is 0 Å². The van der Waals surface area contributed by atoms with Crippen molar-refractivity contribution in [2.24, 2.45) is 0 Å². The van der Waals surface area contributed by atoms with Gasteiger partial charge >= 0.3 is 0 Å². The van der Waals surface area contributed by atoms with Crippen LogP contribution in [0, 0.1) is 20.8 Å². The normalized spacial score (nSPS) is 10.4.